The maximum Gasteiger partial charge on any atom is 0.264 e. The van der Waals surface area contributed by atoms with Crippen molar-refractivity contribution in [3.05, 3.63) is 25.4 Å². The van der Waals surface area contributed by atoms with Crippen molar-refractivity contribution in [3.8, 4) is 0 Å². The number of hydrogen-bond acceptors (Lipinski definition) is 2. The average molecular weight is 332 g/mol. The largest absolute Gasteiger partial charge is 0.309 e. The summed E-state index contributed by atoms with van der Waals surface area (Å²) in [5.41, 5.74) is 0.877. The van der Waals surface area contributed by atoms with Crippen LogP contribution in [0.25, 0.3) is 0 Å². The Hall–Kier alpha value is -0.390. The van der Waals surface area contributed by atoms with Gasteiger partial charge in [-0.2, -0.15) is 0 Å². The second-order valence-corrected chi connectivity index (χ2v) is 5.71. The third-order valence-electron chi connectivity index (χ3n) is 3.55. The molecule has 1 saturated carbocycles. The van der Waals surface area contributed by atoms with Crippen molar-refractivity contribution >= 4 is 22.6 Å². The van der Waals surface area contributed by atoms with Crippen LogP contribution in [-0.2, 0) is 0 Å². The Balaban J connectivity index is 2.26. The van der Waals surface area contributed by atoms with E-state index in [1.807, 2.05) is 6.92 Å². The number of aromatic nitrogens is 2. The van der Waals surface area contributed by atoms with Gasteiger partial charge < -0.3 is 4.98 Å². The van der Waals surface area contributed by atoms with Crippen LogP contribution in [0.5, 0.6) is 0 Å². The molecular formula is C12H17IN2O. The fourth-order valence-corrected chi connectivity index (χ4v) is 2.74. The highest BCUT2D eigenvalue weighted by atomic mass is 127. The monoisotopic (exact) mass is 332 g/mol. The zero-order chi connectivity index (χ0) is 11.7. The molecule has 2 atom stereocenters. The van der Waals surface area contributed by atoms with E-state index >= 15 is 0 Å². The van der Waals surface area contributed by atoms with Crippen molar-refractivity contribution in [1.29, 1.82) is 0 Å². The van der Waals surface area contributed by atoms with Crippen LogP contribution in [0.2, 0.25) is 0 Å². The molecule has 1 aliphatic rings. The Morgan fingerprint density at radius 2 is 2.25 bits per heavy atom. The summed E-state index contributed by atoms with van der Waals surface area (Å²) in [6, 6.07) is 0. The van der Waals surface area contributed by atoms with Crippen LogP contribution >= 0.6 is 22.6 Å². The molecule has 2 rings (SSSR count). The zero-order valence-electron chi connectivity index (χ0n) is 9.72. The van der Waals surface area contributed by atoms with Gasteiger partial charge in [-0.15, -0.1) is 0 Å². The predicted octanol–water partition coefficient (Wildman–Crippen LogP) is 2.98. The standard InChI is InChI=1S/C12H17IN2O/c1-3-8-4-5-9(6-8)11-14-7(2)10(13)12(16)15-11/h8-9H,3-6H2,1-2H3,(H,14,15,16). The van der Waals surface area contributed by atoms with Crippen molar-refractivity contribution in [3.63, 3.8) is 0 Å². The van der Waals surface area contributed by atoms with Gasteiger partial charge in [-0.1, -0.05) is 13.3 Å². The first-order valence-corrected chi connectivity index (χ1v) is 6.96. The molecule has 2 unspecified atom stereocenters. The minimum Gasteiger partial charge on any atom is -0.309 e. The molecular weight excluding hydrogens is 315 g/mol. The molecule has 0 bridgehead atoms. The molecule has 1 aromatic heterocycles. The average Bonchev–Trinajstić information content (AvgIpc) is 2.73. The number of aryl methyl sites for hydroxylation is 1. The minimum absolute atomic E-state index is 0.0167. The van der Waals surface area contributed by atoms with Crippen LogP contribution in [0.1, 0.15) is 50.0 Å². The van der Waals surface area contributed by atoms with Crippen LogP contribution in [0.15, 0.2) is 4.79 Å². The maximum atomic E-state index is 11.7. The van der Waals surface area contributed by atoms with Gasteiger partial charge >= 0.3 is 0 Å². The summed E-state index contributed by atoms with van der Waals surface area (Å²) >= 11 is 2.05. The first-order valence-electron chi connectivity index (χ1n) is 5.88. The Kier molecular flexibility index (Phi) is 3.66. The van der Waals surface area contributed by atoms with E-state index < -0.39 is 0 Å². The summed E-state index contributed by atoms with van der Waals surface area (Å²) in [7, 11) is 0. The van der Waals surface area contributed by atoms with Gasteiger partial charge in [0.1, 0.15) is 5.82 Å². The normalized spacial score (nSPS) is 24.9. The van der Waals surface area contributed by atoms with Gasteiger partial charge in [0.15, 0.2) is 0 Å². The van der Waals surface area contributed by atoms with E-state index in [2.05, 4.69) is 39.5 Å². The minimum atomic E-state index is 0.0167. The van der Waals surface area contributed by atoms with Gasteiger partial charge in [0.25, 0.3) is 5.56 Å². The lowest BCUT2D eigenvalue weighted by atomic mass is 10.0. The molecule has 0 radical (unpaired) electrons. The van der Waals surface area contributed by atoms with Crippen LogP contribution in [0.4, 0.5) is 0 Å². The summed E-state index contributed by atoms with van der Waals surface area (Å²) < 4.78 is 0.714. The summed E-state index contributed by atoms with van der Waals surface area (Å²) in [6.45, 7) is 4.15. The Bertz CT molecular complexity index is 441. The van der Waals surface area contributed by atoms with Gasteiger partial charge in [0.05, 0.1) is 9.26 Å². The quantitative estimate of drug-likeness (QED) is 0.847. The van der Waals surface area contributed by atoms with Crippen LogP contribution in [0, 0.1) is 16.4 Å². The number of nitrogens with zero attached hydrogens (tertiary/aromatic N) is 1. The molecule has 0 aromatic carbocycles. The van der Waals surface area contributed by atoms with E-state index in [4.69, 9.17) is 0 Å². The Morgan fingerprint density at radius 1 is 1.50 bits per heavy atom. The van der Waals surface area contributed by atoms with E-state index in [0.717, 1.165) is 17.4 Å². The smallest absolute Gasteiger partial charge is 0.264 e. The number of nitrogens with one attached hydrogen (secondary N) is 1. The maximum absolute atomic E-state index is 11.7. The zero-order valence-corrected chi connectivity index (χ0v) is 11.9. The fourth-order valence-electron chi connectivity index (χ4n) is 2.48. The SMILES string of the molecule is CCC1CCC(c2nc(C)c(I)c(=O)[nH]2)C1. The van der Waals surface area contributed by atoms with E-state index in [1.165, 1.54) is 25.7 Å². The van der Waals surface area contributed by atoms with Crippen molar-refractivity contribution in [2.24, 2.45) is 5.92 Å². The van der Waals surface area contributed by atoms with E-state index in [-0.39, 0.29) is 5.56 Å². The molecule has 1 N–H and O–H groups in total. The highest BCUT2D eigenvalue weighted by Crippen LogP contribution is 2.37. The highest BCUT2D eigenvalue weighted by Gasteiger charge is 2.26. The van der Waals surface area contributed by atoms with Gasteiger partial charge in [0.2, 0.25) is 0 Å². The molecule has 3 nitrogen and oxygen atoms in total. The lowest BCUT2D eigenvalue weighted by Gasteiger charge is -2.10. The number of rotatable bonds is 2. The predicted molar refractivity (Wildman–Crippen MR) is 72.7 cm³/mol. The molecule has 1 fully saturated rings. The molecule has 0 saturated heterocycles. The van der Waals surface area contributed by atoms with E-state index in [1.54, 1.807) is 0 Å². The van der Waals surface area contributed by atoms with Gasteiger partial charge in [-0.3, -0.25) is 4.79 Å². The third-order valence-corrected chi connectivity index (χ3v) is 4.82. The number of aromatic amines is 1. The molecule has 1 aromatic rings. The molecule has 0 amide bonds. The number of H-pyrrole nitrogens is 1. The summed E-state index contributed by atoms with van der Waals surface area (Å²) in [4.78, 5) is 19.1. The highest BCUT2D eigenvalue weighted by molar-refractivity contribution is 14.1. The van der Waals surface area contributed by atoms with Crippen LogP contribution in [0.3, 0.4) is 0 Å². The first kappa shape index (κ1) is 12.1. The van der Waals surface area contributed by atoms with Crippen LogP contribution in [-0.4, -0.2) is 9.97 Å². The molecule has 0 spiro atoms. The van der Waals surface area contributed by atoms with E-state index in [9.17, 15) is 4.79 Å². The molecule has 88 valence electrons. The Labute approximate surface area is 109 Å². The second-order valence-electron chi connectivity index (χ2n) is 4.63. The molecule has 1 heterocycles. The second kappa shape index (κ2) is 4.85. The van der Waals surface area contributed by atoms with Gasteiger partial charge in [-0.05, 0) is 54.7 Å². The van der Waals surface area contributed by atoms with Crippen molar-refractivity contribution < 1.29 is 0 Å². The van der Waals surface area contributed by atoms with Gasteiger partial charge in [0, 0.05) is 5.92 Å². The summed E-state index contributed by atoms with van der Waals surface area (Å²) in [5.74, 6) is 2.18. The van der Waals surface area contributed by atoms with Gasteiger partial charge in [-0.25, -0.2) is 4.98 Å². The van der Waals surface area contributed by atoms with Crippen molar-refractivity contribution in [2.75, 3.05) is 0 Å². The molecule has 1 aliphatic carbocycles. The lowest BCUT2D eigenvalue weighted by Crippen LogP contribution is -2.18. The lowest BCUT2D eigenvalue weighted by molar-refractivity contribution is 0.516. The van der Waals surface area contributed by atoms with E-state index in [0.29, 0.717) is 9.49 Å². The number of hydrogen-bond donors (Lipinski definition) is 1. The van der Waals surface area contributed by atoms with Crippen molar-refractivity contribution in [1.82, 2.24) is 9.97 Å². The topological polar surface area (TPSA) is 45.8 Å². The van der Waals surface area contributed by atoms with Crippen LogP contribution < -0.4 is 5.56 Å². The molecule has 16 heavy (non-hydrogen) atoms. The van der Waals surface area contributed by atoms with Crippen molar-refractivity contribution in [2.45, 2.75) is 45.4 Å². The molecule has 4 heteroatoms. The molecule has 0 aliphatic heterocycles. The summed E-state index contributed by atoms with van der Waals surface area (Å²) in [5, 5.41) is 0. The summed E-state index contributed by atoms with van der Waals surface area (Å²) in [6.07, 6.45) is 4.86. The Morgan fingerprint density at radius 3 is 2.81 bits per heavy atom. The third kappa shape index (κ3) is 2.31. The number of halogens is 1. The first-order chi connectivity index (χ1) is 7.61. The fraction of sp³-hybridized carbons (Fsp3) is 0.667.